The van der Waals surface area contributed by atoms with E-state index in [0.717, 1.165) is 24.0 Å². The number of hydrogen-bond acceptors (Lipinski definition) is 6. The lowest BCUT2D eigenvalue weighted by Crippen LogP contribution is -2.41. The first-order chi connectivity index (χ1) is 17.9. The number of aromatic nitrogens is 2. The number of nitrogens with zero attached hydrogens (tertiary/aromatic N) is 3. The standard InChI is InChI=1S/C27H29FN4O5/c28-19-6-4-17(5-7-19)13-18-14-21-24(29-15-18)25(34)23(26(35)30-20-8-12-37-16-20)27(36)32(21)11-10-31-9-2-1-3-22(31)33/h4-7,14-15,20,34H,1-3,8-13,16H2,(H,30,35). The number of pyridine rings is 2. The molecule has 0 radical (unpaired) electrons. The Labute approximate surface area is 212 Å². The van der Waals surface area contributed by atoms with E-state index in [2.05, 4.69) is 10.3 Å². The van der Waals surface area contributed by atoms with Crippen LogP contribution in [0.15, 0.2) is 41.3 Å². The molecule has 0 spiro atoms. The zero-order valence-electron chi connectivity index (χ0n) is 20.4. The number of benzene rings is 1. The molecule has 37 heavy (non-hydrogen) atoms. The molecule has 194 valence electrons. The van der Waals surface area contributed by atoms with Crippen LogP contribution in [0.2, 0.25) is 0 Å². The lowest BCUT2D eigenvalue weighted by atomic mass is 10.0. The van der Waals surface area contributed by atoms with Gasteiger partial charge in [-0.15, -0.1) is 0 Å². The van der Waals surface area contributed by atoms with Gasteiger partial charge in [0.15, 0.2) is 5.75 Å². The fourth-order valence-corrected chi connectivity index (χ4v) is 4.93. The second-order valence-corrected chi connectivity index (χ2v) is 9.57. The lowest BCUT2D eigenvalue weighted by molar-refractivity contribution is -0.133. The van der Waals surface area contributed by atoms with Gasteiger partial charge in [-0.25, -0.2) is 4.39 Å². The van der Waals surface area contributed by atoms with Gasteiger partial charge in [0.25, 0.3) is 11.5 Å². The van der Waals surface area contributed by atoms with Gasteiger partial charge in [0.2, 0.25) is 5.91 Å². The minimum atomic E-state index is -0.681. The van der Waals surface area contributed by atoms with Crippen molar-refractivity contribution < 1.29 is 23.8 Å². The third kappa shape index (κ3) is 5.34. The van der Waals surface area contributed by atoms with E-state index in [9.17, 15) is 23.9 Å². The Morgan fingerprint density at radius 2 is 1.97 bits per heavy atom. The minimum Gasteiger partial charge on any atom is -0.505 e. The first-order valence-corrected chi connectivity index (χ1v) is 12.6. The van der Waals surface area contributed by atoms with Gasteiger partial charge in [-0.2, -0.15) is 0 Å². The van der Waals surface area contributed by atoms with Crippen molar-refractivity contribution in [2.45, 2.75) is 44.7 Å². The number of piperidine rings is 1. The van der Waals surface area contributed by atoms with Crippen molar-refractivity contribution in [1.29, 1.82) is 0 Å². The fourth-order valence-electron chi connectivity index (χ4n) is 4.93. The van der Waals surface area contributed by atoms with E-state index in [4.69, 9.17) is 4.74 Å². The number of carbonyl (C=O) groups excluding carboxylic acids is 2. The number of amides is 2. The fraction of sp³-hybridized carbons (Fsp3) is 0.407. The van der Waals surface area contributed by atoms with Crippen LogP contribution in [0.5, 0.6) is 5.75 Å². The van der Waals surface area contributed by atoms with Crippen molar-refractivity contribution in [3.8, 4) is 5.75 Å². The predicted octanol–water partition coefficient (Wildman–Crippen LogP) is 2.36. The third-order valence-corrected chi connectivity index (χ3v) is 6.96. The number of fused-ring (bicyclic) bond motifs is 1. The van der Waals surface area contributed by atoms with Gasteiger partial charge in [-0.3, -0.25) is 19.4 Å². The first-order valence-electron chi connectivity index (χ1n) is 12.6. The van der Waals surface area contributed by atoms with Gasteiger partial charge in [-0.05, 0) is 55.0 Å². The average molecular weight is 509 g/mol. The van der Waals surface area contributed by atoms with E-state index in [1.807, 2.05) is 0 Å². The molecule has 4 heterocycles. The van der Waals surface area contributed by atoms with Gasteiger partial charge >= 0.3 is 0 Å². The molecule has 9 nitrogen and oxygen atoms in total. The number of ether oxygens (including phenoxy) is 1. The molecule has 0 saturated carbocycles. The quantitative estimate of drug-likeness (QED) is 0.507. The van der Waals surface area contributed by atoms with Crippen LogP contribution >= 0.6 is 0 Å². The molecule has 2 aromatic heterocycles. The van der Waals surface area contributed by atoms with Crippen LogP contribution in [0, 0.1) is 5.82 Å². The number of aromatic hydroxyl groups is 1. The molecular formula is C27H29FN4O5. The van der Waals surface area contributed by atoms with Crippen molar-refractivity contribution in [2.75, 3.05) is 26.3 Å². The Morgan fingerprint density at radius 1 is 1.16 bits per heavy atom. The Hall–Kier alpha value is -3.79. The highest BCUT2D eigenvalue weighted by atomic mass is 19.1. The summed E-state index contributed by atoms with van der Waals surface area (Å²) in [5, 5.41) is 13.8. The largest absolute Gasteiger partial charge is 0.505 e. The van der Waals surface area contributed by atoms with Crippen molar-refractivity contribution in [1.82, 2.24) is 19.8 Å². The van der Waals surface area contributed by atoms with E-state index in [0.29, 0.717) is 51.1 Å². The van der Waals surface area contributed by atoms with Crippen LogP contribution in [0.3, 0.4) is 0 Å². The summed E-state index contributed by atoms with van der Waals surface area (Å²) in [4.78, 5) is 45.2. The molecule has 2 fully saturated rings. The SMILES string of the molecule is O=C(NC1CCOC1)c1c(O)c2ncc(Cc3ccc(F)cc3)cc2n(CCN2CCCCC2=O)c1=O. The Morgan fingerprint density at radius 3 is 2.70 bits per heavy atom. The summed E-state index contributed by atoms with van der Waals surface area (Å²) in [7, 11) is 0. The van der Waals surface area contributed by atoms with Crippen LogP contribution < -0.4 is 10.9 Å². The molecule has 1 unspecified atom stereocenters. The van der Waals surface area contributed by atoms with E-state index in [1.54, 1.807) is 29.3 Å². The smallest absolute Gasteiger partial charge is 0.267 e. The Kier molecular flexibility index (Phi) is 7.18. The highest BCUT2D eigenvalue weighted by molar-refractivity contribution is 6.01. The van der Waals surface area contributed by atoms with Crippen molar-refractivity contribution in [3.63, 3.8) is 0 Å². The van der Waals surface area contributed by atoms with E-state index in [-0.39, 0.29) is 35.4 Å². The van der Waals surface area contributed by atoms with E-state index in [1.165, 1.54) is 16.7 Å². The zero-order valence-corrected chi connectivity index (χ0v) is 20.4. The second kappa shape index (κ2) is 10.7. The van der Waals surface area contributed by atoms with E-state index >= 15 is 0 Å². The molecule has 2 aliphatic heterocycles. The molecule has 1 aromatic carbocycles. The number of nitrogens with one attached hydrogen (secondary N) is 1. The number of likely N-dealkylation sites (tertiary alicyclic amines) is 1. The monoisotopic (exact) mass is 508 g/mol. The van der Waals surface area contributed by atoms with Crippen molar-refractivity contribution >= 4 is 22.8 Å². The number of carbonyl (C=O) groups is 2. The average Bonchev–Trinajstić information content (AvgIpc) is 3.39. The summed E-state index contributed by atoms with van der Waals surface area (Å²) in [6.45, 7) is 1.93. The summed E-state index contributed by atoms with van der Waals surface area (Å²) < 4.78 is 20.0. The molecule has 2 amide bonds. The summed E-state index contributed by atoms with van der Waals surface area (Å²) in [6, 6.07) is 7.60. The van der Waals surface area contributed by atoms with Crippen LogP contribution in [-0.2, 0) is 22.5 Å². The summed E-state index contributed by atoms with van der Waals surface area (Å²) in [5.74, 6) is -1.45. The van der Waals surface area contributed by atoms with E-state index < -0.39 is 17.2 Å². The summed E-state index contributed by atoms with van der Waals surface area (Å²) in [5.41, 5.74) is 1.08. The normalized spacial score (nSPS) is 17.9. The van der Waals surface area contributed by atoms with Crippen LogP contribution in [-0.4, -0.2) is 63.7 Å². The molecule has 2 aliphatic rings. The molecule has 3 aromatic rings. The maximum absolute atomic E-state index is 13.6. The topological polar surface area (TPSA) is 114 Å². The van der Waals surface area contributed by atoms with Crippen molar-refractivity contribution in [3.05, 3.63) is 69.4 Å². The highest BCUT2D eigenvalue weighted by Gasteiger charge is 2.27. The summed E-state index contributed by atoms with van der Waals surface area (Å²) in [6.07, 6.45) is 4.86. The van der Waals surface area contributed by atoms with Gasteiger partial charge in [0.1, 0.15) is 16.9 Å². The maximum atomic E-state index is 13.6. The van der Waals surface area contributed by atoms with Gasteiger partial charge < -0.3 is 24.6 Å². The summed E-state index contributed by atoms with van der Waals surface area (Å²) >= 11 is 0. The lowest BCUT2D eigenvalue weighted by Gasteiger charge is -2.27. The molecule has 5 rings (SSSR count). The third-order valence-electron chi connectivity index (χ3n) is 6.96. The zero-order chi connectivity index (χ0) is 25.9. The van der Waals surface area contributed by atoms with Crippen LogP contribution in [0.1, 0.15) is 47.2 Å². The van der Waals surface area contributed by atoms with Crippen molar-refractivity contribution in [2.24, 2.45) is 0 Å². The Bertz CT molecular complexity index is 1380. The van der Waals surface area contributed by atoms with Gasteiger partial charge in [-0.1, -0.05) is 12.1 Å². The van der Waals surface area contributed by atoms with Crippen LogP contribution in [0.4, 0.5) is 4.39 Å². The predicted molar refractivity (Wildman–Crippen MR) is 134 cm³/mol. The van der Waals surface area contributed by atoms with Gasteiger partial charge in [0, 0.05) is 38.9 Å². The molecule has 0 aliphatic carbocycles. The molecule has 1 atom stereocenters. The highest BCUT2D eigenvalue weighted by Crippen LogP contribution is 2.26. The molecule has 10 heteroatoms. The number of rotatable bonds is 7. The first kappa shape index (κ1) is 24.9. The number of hydrogen-bond donors (Lipinski definition) is 2. The maximum Gasteiger partial charge on any atom is 0.267 e. The molecule has 2 N–H and O–H groups in total. The number of halogens is 1. The van der Waals surface area contributed by atoms with Gasteiger partial charge in [0.05, 0.1) is 18.2 Å². The Balaban J connectivity index is 1.54. The minimum absolute atomic E-state index is 0.0386. The molecule has 0 bridgehead atoms. The van der Waals surface area contributed by atoms with Crippen LogP contribution in [0.25, 0.3) is 11.0 Å². The molecular weight excluding hydrogens is 479 g/mol. The second-order valence-electron chi connectivity index (χ2n) is 9.57. The molecule has 2 saturated heterocycles.